The first-order chi connectivity index (χ1) is 17.5. The number of aromatic nitrogens is 1. The second kappa shape index (κ2) is 11.6. The zero-order valence-electron chi connectivity index (χ0n) is 20.2. The van der Waals surface area contributed by atoms with E-state index >= 15 is 0 Å². The Morgan fingerprint density at radius 1 is 1.03 bits per heavy atom. The number of benzene rings is 3. The average Bonchev–Trinajstić information content (AvgIpc) is 3.27. The summed E-state index contributed by atoms with van der Waals surface area (Å²) in [6, 6.07) is 19.6. The van der Waals surface area contributed by atoms with Crippen LogP contribution in [0.4, 0.5) is 4.39 Å². The summed E-state index contributed by atoms with van der Waals surface area (Å²) in [5.74, 6) is 0.785. The number of aryl methyl sites for hydroxylation is 1. The molecular weight excluding hydrogens is 463 g/mol. The molecule has 0 aliphatic heterocycles. The van der Waals surface area contributed by atoms with Crippen LogP contribution in [0.1, 0.15) is 12.0 Å². The van der Waals surface area contributed by atoms with Gasteiger partial charge < -0.3 is 29.6 Å². The lowest BCUT2D eigenvalue weighted by molar-refractivity contribution is -0.121. The van der Waals surface area contributed by atoms with Gasteiger partial charge in [-0.05, 0) is 47.9 Å². The minimum absolute atomic E-state index is 0.0182. The Bertz CT molecular complexity index is 1300. The topological polar surface area (TPSA) is 92.8 Å². The van der Waals surface area contributed by atoms with Gasteiger partial charge in [-0.15, -0.1) is 0 Å². The lowest BCUT2D eigenvalue weighted by Gasteiger charge is -2.17. The van der Waals surface area contributed by atoms with Gasteiger partial charge >= 0.3 is 0 Å². The maximum atomic E-state index is 14.0. The number of fused-ring (bicyclic) bond motifs is 1. The second-order valence-corrected chi connectivity index (χ2v) is 8.30. The van der Waals surface area contributed by atoms with Crippen molar-refractivity contribution in [1.82, 2.24) is 10.3 Å². The molecule has 4 aromatic rings. The molecule has 7 nitrogen and oxygen atoms in total. The number of aliphatic hydroxyl groups excluding tert-OH is 1. The van der Waals surface area contributed by atoms with Crippen molar-refractivity contribution in [2.24, 2.45) is 0 Å². The summed E-state index contributed by atoms with van der Waals surface area (Å²) in [6.45, 7) is -0.0404. The molecule has 8 heteroatoms. The first-order valence-electron chi connectivity index (χ1n) is 11.6. The minimum Gasteiger partial charge on any atom is -0.493 e. The van der Waals surface area contributed by atoms with E-state index in [1.54, 1.807) is 24.3 Å². The standard InChI is InChI=1S/C28H29FN2O5/c1-34-24-9-6-10-25(35-2)28(24)36-17-20(32)16-30-26(33)14-12-21-22-15-19(29)11-13-23(22)31-27(21)18-7-4-3-5-8-18/h3-11,13,15,20,31-32H,12,14,16-17H2,1-2H3,(H,30,33)/t20-/m1/s1. The Kier molecular flexibility index (Phi) is 8.07. The fourth-order valence-corrected chi connectivity index (χ4v) is 4.09. The van der Waals surface area contributed by atoms with Crippen LogP contribution in [0.2, 0.25) is 0 Å². The number of methoxy groups -OCH3 is 2. The van der Waals surface area contributed by atoms with Crippen molar-refractivity contribution in [2.75, 3.05) is 27.4 Å². The van der Waals surface area contributed by atoms with Crippen LogP contribution in [0, 0.1) is 5.82 Å². The molecule has 3 N–H and O–H groups in total. The highest BCUT2D eigenvalue weighted by atomic mass is 19.1. The molecule has 188 valence electrons. The lowest BCUT2D eigenvalue weighted by Crippen LogP contribution is -2.35. The molecule has 0 saturated carbocycles. The molecule has 1 amide bonds. The number of rotatable bonds is 11. The smallest absolute Gasteiger partial charge is 0.220 e. The minimum atomic E-state index is -0.939. The van der Waals surface area contributed by atoms with Crippen molar-refractivity contribution in [3.05, 3.63) is 78.1 Å². The number of para-hydroxylation sites is 1. The van der Waals surface area contributed by atoms with Gasteiger partial charge in [-0.25, -0.2) is 4.39 Å². The maximum Gasteiger partial charge on any atom is 0.220 e. The van der Waals surface area contributed by atoms with Gasteiger partial charge in [-0.3, -0.25) is 4.79 Å². The number of amides is 1. The Labute approximate surface area is 208 Å². The number of carbonyl (C=O) groups is 1. The molecule has 0 radical (unpaired) electrons. The average molecular weight is 493 g/mol. The largest absolute Gasteiger partial charge is 0.493 e. The molecule has 36 heavy (non-hydrogen) atoms. The number of nitrogens with one attached hydrogen (secondary N) is 2. The van der Waals surface area contributed by atoms with Gasteiger partial charge in [0, 0.05) is 29.6 Å². The summed E-state index contributed by atoms with van der Waals surface area (Å²) in [7, 11) is 3.03. The number of aromatic amines is 1. The first-order valence-corrected chi connectivity index (χ1v) is 11.6. The molecule has 0 unspecified atom stereocenters. The monoisotopic (exact) mass is 492 g/mol. The summed E-state index contributed by atoms with van der Waals surface area (Å²) in [5.41, 5.74) is 3.51. The molecule has 0 fully saturated rings. The third-order valence-electron chi connectivity index (χ3n) is 5.87. The normalized spacial score (nSPS) is 11.8. The van der Waals surface area contributed by atoms with Gasteiger partial charge in [-0.2, -0.15) is 0 Å². The molecule has 3 aromatic carbocycles. The van der Waals surface area contributed by atoms with Crippen molar-refractivity contribution in [3.8, 4) is 28.5 Å². The van der Waals surface area contributed by atoms with Crippen molar-refractivity contribution in [1.29, 1.82) is 0 Å². The number of aliphatic hydroxyl groups is 1. The van der Waals surface area contributed by atoms with E-state index in [2.05, 4.69) is 10.3 Å². The summed E-state index contributed by atoms with van der Waals surface area (Å²) in [4.78, 5) is 15.9. The molecule has 1 aromatic heterocycles. The summed E-state index contributed by atoms with van der Waals surface area (Å²) in [6.07, 6.45) is -0.354. The van der Waals surface area contributed by atoms with Crippen LogP contribution in [0.15, 0.2) is 66.7 Å². The zero-order valence-corrected chi connectivity index (χ0v) is 20.2. The number of carbonyl (C=O) groups excluding carboxylic acids is 1. The van der Waals surface area contributed by atoms with E-state index in [1.807, 2.05) is 30.3 Å². The predicted octanol–water partition coefficient (Wildman–Crippen LogP) is 4.48. The predicted molar refractivity (Wildman–Crippen MR) is 136 cm³/mol. The van der Waals surface area contributed by atoms with Crippen LogP contribution in [-0.2, 0) is 11.2 Å². The number of ether oxygens (including phenoxy) is 3. The molecule has 4 rings (SSSR count). The van der Waals surface area contributed by atoms with Gasteiger partial charge in [0.1, 0.15) is 18.5 Å². The number of hydrogen-bond donors (Lipinski definition) is 3. The Balaban J connectivity index is 1.37. The number of H-pyrrole nitrogens is 1. The van der Waals surface area contributed by atoms with Crippen molar-refractivity contribution < 1.29 is 28.5 Å². The molecule has 0 bridgehead atoms. The SMILES string of the molecule is COc1cccc(OC)c1OC[C@H](O)CNC(=O)CCc1c(-c2ccccc2)[nH]c2ccc(F)cc12. The Hall–Kier alpha value is -4.04. The molecule has 1 atom stereocenters. The number of halogens is 1. The molecule has 0 aliphatic rings. The van der Waals surface area contributed by atoms with E-state index in [-0.39, 0.29) is 31.3 Å². The van der Waals surface area contributed by atoms with Crippen molar-refractivity contribution >= 4 is 16.8 Å². The molecule has 0 saturated heterocycles. The van der Waals surface area contributed by atoms with Gasteiger partial charge in [0.15, 0.2) is 11.5 Å². The van der Waals surface area contributed by atoms with Crippen LogP contribution in [0.25, 0.3) is 22.2 Å². The van der Waals surface area contributed by atoms with Crippen LogP contribution < -0.4 is 19.5 Å². The van der Waals surface area contributed by atoms with E-state index in [4.69, 9.17) is 14.2 Å². The summed E-state index contributed by atoms with van der Waals surface area (Å²) >= 11 is 0. The maximum absolute atomic E-state index is 14.0. The highest BCUT2D eigenvalue weighted by Crippen LogP contribution is 2.36. The van der Waals surface area contributed by atoms with Crippen LogP contribution >= 0.6 is 0 Å². The molecular formula is C28H29FN2O5. The van der Waals surface area contributed by atoms with E-state index in [9.17, 15) is 14.3 Å². The fourth-order valence-electron chi connectivity index (χ4n) is 4.09. The highest BCUT2D eigenvalue weighted by molar-refractivity contribution is 5.91. The Morgan fingerprint density at radius 2 is 1.75 bits per heavy atom. The fraction of sp³-hybridized carbons (Fsp3) is 0.250. The van der Waals surface area contributed by atoms with Crippen LogP contribution in [-0.4, -0.2) is 49.5 Å². The van der Waals surface area contributed by atoms with Crippen molar-refractivity contribution in [3.63, 3.8) is 0 Å². The summed E-state index contributed by atoms with van der Waals surface area (Å²) in [5, 5.41) is 13.8. The van der Waals surface area contributed by atoms with Crippen LogP contribution in [0.5, 0.6) is 17.2 Å². The van der Waals surface area contributed by atoms with E-state index in [0.29, 0.717) is 23.7 Å². The highest BCUT2D eigenvalue weighted by Gasteiger charge is 2.17. The third-order valence-corrected chi connectivity index (χ3v) is 5.87. The van der Waals surface area contributed by atoms with Crippen LogP contribution in [0.3, 0.4) is 0 Å². The first kappa shape index (κ1) is 25.1. The Morgan fingerprint density at radius 3 is 2.44 bits per heavy atom. The molecule has 0 spiro atoms. The second-order valence-electron chi connectivity index (χ2n) is 8.30. The van der Waals surface area contributed by atoms with Gasteiger partial charge in [0.05, 0.1) is 14.2 Å². The molecule has 0 aliphatic carbocycles. The van der Waals surface area contributed by atoms with Gasteiger partial charge in [-0.1, -0.05) is 36.4 Å². The number of hydrogen-bond acceptors (Lipinski definition) is 5. The quantitative estimate of drug-likeness (QED) is 0.287. The zero-order chi connectivity index (χ0) is 25.5. The summed E-state index contributed by atoms with van der Waals surface area (Å²) < 4.78 is 30.2. The lowest BCUT2D eigenvalue weighted by atomic mass is 10.0. The van der Waals surface area contributed by atoms with E-state index in [1.165, 1.54) is 26.4 Å². The van der Waals surface area contributed by atoms with Crippen molar-refractivity contribution in [2.45, 2.75) is 18.9 Å². The van der Waals surface area contributed by atoms with Gasteiger partial charge in [0.2, 0.25) is 11.7 Å². The van der Waals surface area contributed by atoms with E-state index < -0.39 is 6.10 Å². The van der Waals surface area contributed by atoms with Gasteiger partial charge in [0.25, 0.3) is 0 Å². The third kappa shape index (κ3) is 5.78. The van der Waals surface area contributed by atoms with E-state index in [0.717, 1.165) is 27.7 Å². The molecule has 1 heterocycles.